The summed E-state index contributed by atoms with van der Waals surface area (Å²) in [5, 5.41) is 20.2. The highest BCUT2D eigenvalue weighted by Gasteiger charge is 2.45. The number of nitrogens with one attached hydrogen (secondary N) is 1. The first-order valence-electron chi connectivity index (χ1n) is 6.61. The van der Waals surface area contributed by atoms with Gasteiger partial charge < -0.3 is 21.3 Å². The minimum absolute atomic E-state index is 0.0622. The Bertz CT molecular complexity index is 357. The van der Waals surface area contributed by atoms with E-state index in [-0.39, 0.29) is 29.2 Å². The van der Waals surface area contributed by atoms with Crippen LogP contribution in [0.3, 0.4) is 0 Å². The number of hydrogen-bond acceptors (Lipinski definition) is 4. The molecule has 4 unspecified atom stereocenters. The van der Waals surface area contributed by atoms with Crippen molar-refractivity contribution in [3.05, 3.63) is 0 Å². The van der Waals surface area contributed by atoms with E-state index in [0.717, 1.165) is 6.42 Å². The summed E-state index contributed by atoms with van der Waals surface area (Å²) in [6, 6.07) is -1.18. The quantitative estimate of drug-likeness (QED) is 0.573. The molecule has 0 aliphatic heterocycles. The second kappa shape index (κ2) is 5.88. The van der Waals surface area contributed by atoms with Crippen molar-refractivity contribution in [3.63, 3.8) is 0 Å². The molecule has 1 aliphatic rings. The average molecular weight is 272 g/mol. The molecule has 1 aliphatic carbocycles. The number of rotatable bonds is 4. The lowest BCUT2D eigenvalue weighted by molar-refractivity contribution is -0.145. The number of aliphatic hydroxyl groups excluding tert-OH is 1. The number of hydrogen-bond donors (Lipinski definition) is 4. The zero-order valence-electron chi connectivity index (χ0n) is 11.7. The maximum atomic E-state index is 12.2. The van der Waals surface area contributed by atoms with Crippen LogP contribution in [-0.4, -0.2) is 40.8 Å². The van der Waals surface area contributed by atoms with Crippen molar-refractivity contribution in [1.29, 1.82) is 0 Å². The van der Waals surface area contributed by atoms with Gasteiger partial charge in [0.05, 0.1) is 6.61 Å². The molecule has 1 fully saturated rings. The van der Waals surface area contributed by atoms with Gasteiger partial charge in [-0.1, -0.05) is 20.8 Å². The summed E-state index contributed by atoms with van der Waals surface area (Å²) in [6.07, 6.45) is 1.39. The van der Waals surface area contributed by atoms with Crippen molar-refractivity contribution in [2.24, 2.45) is 23.0 Å². The molecule has 1 amide bonds. The number of carboxylic acid groups (broad SMARTS) is 1. The molecule has 0 aromatic carbocycles. The maximum absolute atomic E-state index is 12.2. The number of carbonyl (C=O) groups excluding carboxylic acids is 1. The fourth-order valence-electron chi connectivity index (χ4n) is 2.78. The zero-order valence-corrected chi connectivity index (χ0v) is 11.7. The zero-order chi connectivity index (χ0) is 14.8. The molecule has 6 nitrogen and oxygen atoms in total. The van der Waals surface area contributed by atoms with Gasteiger partial charge in [-0.25, -0.2) is 4.79 Å². The second-order valence-electron chi connectivity index (χ2n) is 5.99. The van der Waals surface area contributed by atoms with E-state index in [1.807, 2.05) is 20.8 Å². The fraction of sp³-hybridized carbons (Fsp3) is 0.846. The molecule has 1 rings (SSSR count). The molecular formula is C13H24N2O4. The molecule has 0 aromatic heterocycles. The third-order valence-corrected chi connectivity index (χ3v) is 4.62. The Balaban J connectivity index is 2.79. The van der Waals surface area contributed by atoms with Crippen LogP contribution in [0.15, 0.2) is 0 Å². The molecule has 4 atom stereocenters. The molecule has 0 spiro atoms. The van der Waals surface area contributed by atoms with Gasteiger partial charge in [0.2, 0.25) is 5.91 Å². The lowest BCUT2D eigenvalue weighted by Gasteiger charge is -2.46. The summed E-state index contributed by atoms with van der Waals surface area (Å²) in [7, 11) is 0. The lowest BCUT2D eigenvalue weighted by atomic mass is 9.61. The highest BCUT2D eigenvalue weighted by atomic mass is 16.4. The Morgan fingerprint density at radius 1 is 1.42 bits per heavy atom. The van der Waals surface area contributed by atoms with Gasteiger partial charge in [-0.15, -0.1) is 0 Å². The van der Waals surface area contributed by atoms with Crippen LogP contribution >= 0.6 is 0 Å². The summed E-state index contributed by atoms with van der Waals surface area (Å²) in [5.41, 5.74) is 5.73. The van der Waals surface area contributed by atoms with Crippen LogP contribution in [0.4, 0.5) is 0 Å². The Morgan fingerprint density at radius 3 is 2.47 bits per heavy atom. The first-order chi connectivity index (χ1) is 8.71. The SMILES string of the molecule is CC1C(N)CCC(C(=O)NC(CO)C(=O)O)C1(C)C. The maximum Gasteiger partial charge on any atom is 0.328 e. The molecule has 110 valence electrons. The predicted octanol–water partition coefficient (Wildman–Crippen LogP) is -0.0523. The van der Waals surface area contributed by atoms with E-state index < -0.39 is 18.6 Å². The van der Waals surface area contributed by atoms with Gasteiger partial charge in [0.15, 0.2) is 0 Å². The highest BCUT2D eigenvalue weighted by Crippen LogP contribution is 2.44. The number of carbonyl (C=O) groups is 2. The summed E-state index contributed by atoms with van der Waals surface area (Å²) in [4.78, 5) is 23.0. The van der Waals surface area contributed by atoms with Crippen LogP contribution < -0.4 is 11.1 Å². The van der Waals surface area contributed by atoms with E-state index in [0.29, 0.717) is 6.42 Å². The van der Waals surface area contributed by atoms with Crippen molar-refractivity contribution in [1.82, 2.24) is 5.32 Å². The van der Waals surface area contributed by atoms with Crippen LogP contribution in [0.1, 0.15) is 33.6 Å². The molecule has 0 bridgehead atoms. The average Bonchev–Trinajstić information content (AvgIpc) is 2.32. The topological polar surface area (TPSA) is 113 Å². The van der Waals surface area contributed by atoms with Crippen molar-refractivity contribution in [2.45, 2.75) is 45.7 Å². The number of aliphatic hydroxyl groups is 1. The van der Waals surface area contributed by atoms with E-state index in [9.17, 15) is 9.59 Å². The fourth-order valence-corrected chi connectivity index (χ4v) is 2.78. The number of nitrogens with two attached hydrogens (primary N) is 1. The molecule has 6 heteroatoms. The summed E-state index contributed by atoms with van der Waals surface area (Å²) in [6.45, 7) is 5.37. The molecule has 0 heterocycles. The van der Waals surface area contributed by atoms with Gasteiger partial charge in [0.1, 0.15) is 6.04 Å². The molecule has 1 saturated carbocycles. The standard InChI is InChI=1S/C13H24N2O4/c1-7-9(14)5-4-8(13(7,2)3)11(17)15-10(6-16)12(18)19/h7-10,16H,4-6,14H2,1-3H3,(H,15,17)(H,18,19). The third kappa shape index (κ3) is 3.25. The predicted molar refractivity (Wildman–Crippen MR) is 70.3 cm³/mol. The van der Waals surface area contributed by atoms with Crippen molar-refractivity contribution >= 4 is 11.9 Å². The molecular weight excluding hydrogens is 248 g/mol. The number of aliphatic carboxylic acids is 1. The molecule has 0 aromatic rings. The molecule has 0 radical (unpaired) electrons. The van der Waals surface area contributed by atoms with Crippen LogP contribution in [-0.2, 0) is 9.59 Å². The van der Waals surface area contributed by atoms with E-state index >= 15 is 0 Å². The van der Waals surface area contributed by atoms with Gasteiger partial charge in [0, 0.05) is 12.0 Å². The smallest absolute Gasteiger partial charge is 0.328 e. The Morgan fingerprint density at radius 2 is 2.00 bits per heavy atom. The normalized spacial score (nSPS) is 31.5. The highest BCUT2D eigenvalue weighted by molar-refractivity contribution is 5.85. The van der Waals surface area contributed by atoms with E-state index in [1.165, 1.54) is 0 Å². The minimum atomic E-state index is -1.24. The lowest BCUT2D eigenvalue weighted by Crippen LogP contribution is -2.54. The van der Waals surface area contributed by atoms with Crippen LogP contribution in [0.2, 0.25) is 0 Å². The summed E-state index contributed by atoms with van der Waals surface area (Å²) in [5.74, 6) is -1.65. The first kappa shape index (κ1) is 15.9. The molecule has 0 saturated heterocycles. The monoisotopic (exact) mass is 272 g/mol. The first-order valence-corrected chi connectivity index (χ1v) is 6.61. The van der Waals surface area contributed by atoms with Crippen LogP contribution in [0.25, 0.3) is 0 Å². The van der Waals surface area contributed by atoms with Crippen molar-refractivity contribution in [2.75, 3.05) is 6.61 Å². The largest absolute Gasteiger partial charge is 0.480 e. The van der Waals surface area contributed by atoms with E-state index in [4.69, 9.17) is 15.9 Å². The van der Waals surface area contributed by atoms with E-state index in [2.05, 4.69) is 5.32 Å². The Hall–Kier alpha value is -1.14. The third-order valence-electron chi connectivity index (χ3n) is 4.62. The van der Waals surface area contributed by atoms with Crippen molar-refractivity contribution < 1.29 is 19.8 Å². The Kier molecular flexibility index (Phi) is 4.92. The van der Waals surface area contributed by atoms with Gasteiger partial charge in [-0.2, -0.15) is 0 Å². The second-order valence-corrected chi connectivity index (χ2v) is 5.99. The summed E-state index contributed by atoms with van der Waals surface area (Å²) < 4.78 is 0. The van der Waals surface area contributed by atoms with Gasteiger partial charge >= 0.3 is 5.97 Å². The minimum Gasteiger partial charge on any atom is -0.480 e. The van der Waals surface area contributed by atoms with Crippen LogP contribution in [0, 0.1) is 17.3 Å². The summed E-state index contributed by atoms with van der Waals surface area (Å²) >= 11 is 0. The van der Waals surface area contributed by atoms with Crippen molar-refractivity contribution in [3.8, 4) is 0 Å². The van der Waals surface area contributed by atoms with Gasteiger partial charge in [0.25, 0.3) is 0 Å². The number of carboxylic acids is 1. The van der Waals surface area contributed by atoms with Gasteiger partial charge in [-0.3, -0.25) is 4.79 Å². The van der Waals surface area contributed by atoms with Crippen LogP contribution in [0.5, 0.6) is 0 Å². The number of amides is 1. The molecule has 19 heavy (non-hydrogen) atoms. The van der Waals surface area contributed by atoms with E-state index in [1.54, 1.807) is 0 Å². The Labute approximate surface area is 113 Å². The molecule has 5 N–H and O–H groups in total. The van der Waals surface area contributed by atoms with Gasteiger partial charge in [-0.05, 0) is 24.2 Å².